The summed E-state index contributed by atoms with van der Waals surface area (Å²) in [7, 11) is 1.60. The molecule has 2 N–H and O–H groups in total. The fraction of sp³-hybridized carbons (Fsp3) is 0.385. The number of hydrogen-bond donors (Lipinski definition) is 2. The molecule has 0 aliphatic carbocycles. The minimum Gasteiger partial charge on any atom is -0.484 e. The van der Waals surface area contributed by atoms with Gasteiger partial charge in [-0.15, -0.1) is 0 Å². The summed E-state index contributed by atoms with van der Waals surface area (Å²) in [5.41, 5.74) is 0.177. The third-order valence-corrected chi connectivity index (χ3v) is 2.32. The highest BCUT2D eigenvalue weighted by Gasteiger charge is 2.04. The Hall–Kier alpha value is -2.08. The number of benzene rings is 1. The number of ether oxygens (including phenoxy) is 2. The standard InChI is InChI=1S/C13H17NO5/c1-18-8-2-7-14-12(15)9-19-11-5-3-10(4-6-11)13(16)17/h3-6H,2,7-9H2,1H3,(H,14,15)(H,16,17). The zero-order valence-electron chi connectivity index (χ0n) is 10.7. The Morgan fingerprint density at radius 3 is 2.53 bits per heavy atom. The second kappa shape index (κ2) is 8.10. The molecule has 0 saturated heterocycles. The van der Waals surface area contributed by atoms with E-state index < -0.39 is 5.97 Å². The van der Waals surface area contributed by atoms with Crippen LogP contribution < -0.4 is 10.1 Å². The second-order valence-electron chi connectivity index (χ2n) is 3.81. The van der Waals surface area contributed by atoms with Crippen LogP contribution in [0.25, 0.3) is 0 Å². The molecule has 0 aromatic heterocycles. The number of amides is 1. The first-order chi connectivity index (χ1) is 9.13. The predicted octanol–water partition coefficient (Wildman–Crippen LogP) is 0.916. The van der Waals surface area contributed by atoms with Gasteiger partial charge >= 0.3 is 5.97 Å². The van der Waals surface area contributed by atoms with Crippen LogP contribution in [0.3, 0.4) is 0 Å². The van der Waals surface area contributed by atoms with Gasteiger partial charge in [0.1, 0.15) is 5.75 Å². The van der Waals surface area contributed by atoms with Gasteiger partial charge in [0, 0.05) is 20.3 Å². The Morgan fingerprint density at radius 1 is 1.26 bits per heavy atom. The number of carbonyl (C=O) groups is 2. The molecule has 0 bridgehead atoms. The number of hydrogen-bond acceptors (Lipinski definition) is 4. The zero-order chi connectivity index (χ0) is 14.1. The van der Waals surface area contributed by atoms with E-state index in [-0.39, 0.29) is 18.1 Å². The Labute approximate surface area is 111 Å². The Kier molecular flexibility index (Phi) is 6.38. The lowest BCUT2D eigenvalue weighted by Gasteiger charge is -2.07. The summed E-state index contributed by atoms with van der Waals surface area (Å²) in [6, 6.07) is 5.88. The maximum Gasteiger partial charge on any atom is 0.335 e. The van der Waals surface area contributed by atoms with Crippen LogP contribution in [0.1, 0.15) is 16.8 Å². The molecule has 0 aliphatic heterocycles. The lowest BCUT2D eigenvalue weighted by molar-refractivity contribution is -0.123. The van der Waals surface area contributed by atoms with E-state index >= 15 is 0 Å². The number of methoxy groups -OCH3 is 1. The van der Waals surface area contributed by atoms with Crippen molar-refractivity contribution in [2.75, 3.05) is 26.9 Å². The number of rotatable bonds is 8. The van der Waals surface area contributed by atoms with Gasteiger partial charge in [0.25, 0.3) is 5.91 Å². The molecule has 1 aromatic carbocycles. The molecule has 0 unspecified atom stereocenters. The first-order valence-corrected chi connectivity index (χ1v) is 5.85. The van der Waals surface area contributed by atoms with E-state index in [1.54, 1.807) is 7.11 Å². The van der Waals surface area contributed by atoms with Gasteiger partial charge in [-0.1, -0.05) is 0 Å². The van der Waals surface area contributed by atoms with Gasteiger partial charge in [0.15, 0.2) is 6.61 Å². The molecule has 19 heavy (non-hydrogen) atoms. The summed E-state index contributed by atoms with van der Waals surface area (Å²) in [6.07, 6.45) is 0.746. The lowest BCUT2D eigenvalue weighted by atomic mass is 10.2. The number of carboxylic acids is 1. The summed E-state index contributed by atoms with van der Waals surface area (Å²) in [5.74, 6) is -0.766. The van der Waals surface area contributed by atoms with Crippen LogP contribution >= 0.6 is 0 Å². The van der Waals surface area contributed by atoms with Crippen LogP contribution in [-0.2, 0) is 9.53 Å². The van der Waals surface area contributed by atoms with Crippen LogP contribution in [0.4, 0.5) is 0 Å². The topological polar surface area (TPSA) is 84.9 Å². The van der Waals surface area contributed by atoms with Crippen LogP contribution in [-0.4, -0.2) is 43.9 Å². The minimum atomic E-state index is -0.998. The molecule has 1 aromatic rings. The van der Waals surface area contributed by atoms with E-state index in [1.165, 1.54) is 24.3 Å². The van der Waals surface area contributed by atoms with Crippen molar-refractivity contribution in [3.63, 3.8) is 0 Å². The molecule has 0 saturated carbocycles. The molecule has 1 rings (SSSR count). The SMILES string of the molecule is COCCCNC(=O)COc1ccc(C(=O)O)cc1. The van der Waals surface area contributed by atoms with Crippen molar-refractivity contribution in [2.24, 2.45) is 0 Å². The quantitative estimate of drug-likeness (QED) is 0.684. The van der Waals surface area contributed by atoms with Gasteiger partial charge in [0.05, 0.1) is 5.56 Å². The van der Waals surface area contributed by atoms with Crippen LogP contribution in [0, 0.1) is 0 Å². The highest BCUT2D eigenvalue weighted by Crippen LogP contribution is 2.11. The van der Waals surface area contributed by atoms with E-state index in [0.717, 1.165) is 6.42 Å². The van der Waals surface area contributed by atoms with Crippen molar-refractivity contribution in [1.82, 2.24) is 5.32 Å². The van der Waals surface area contributed by atoms with Gasteiger partial charge in [0.2, 0.25) is 0 Å². The van der Waals surface area contributed by atoms with Crippen molar-refractivity contribution in [2.45, 2.75) is 6.42 Å². The number of nitrogens with one attached hydrogen (secondary N) is 1. The smallest absolute Gasteiger partial charge is 0.335 e. The molecule has 0 atom stereocenters. The normalized spacial score (nSPS) is 9.95. The third kappa shape index (κ3) is 5.87. The van der Waals surface area contributed by atoms with E-state index in [9.17, 15) is 9.59 Å². The first-order valence-electron chi connectivity index (χ1n) is 5.85. The predicted molar refractivity (Wildman–Crippen MR) is 68.4 cm³/mol. The average Bonchev–Trinajstić information content (AvgIpc) is 2.42. The summed E-state index contributed by atoms with van der Waals surface area (Å²) in [6.45, 7) is 1.03. The molecular formula is C13H17NO5. The maximum absolute atomic E-state index is 11.4. The first kappa shape index (κ1) is 15.0. The molecule has 1 amide bonds. The molecule has 104 valence electrons. The Morgan fingerprint density at radius 2 is 1.95 bits per heavy atom. The second-order valence-corrected chi connectivity index (χ2v) is 3.81. The van der Waals surface area contributed by atoms with Gasteiger partial charge in [-0.05, 0) is 30.7 Å². The van der Waals surface area contributed by atoms with Crippen molar-refractivity contribution >= 4 is 11.9 Å². The highest BCUT2D eigenvalue weighted by atomic mass is 16.5. The highest BCUT2D eigenvalue weighted by molar-refractivity contribution is 5.87. The summed E-state index contributed by atoms with van der Waals surface area (Å²) >= 11 is 0. The fourth-order valence-corrected chi connectivity index (χ4v) is 1.34. The molecule has 0 heterocycles. The molecule has 0 aliphatic rings. The number of aromatic carboxylic acids is 1. The van der Waals surface area contributed by atoms with E-state index in [4.69, 9.17) is 14.6 Å². The van der Waals surface area contributed by atoms with Crippen LogP contribution in [0.5, 0.6) is 5.75 Å². The van der Waals surface area contributed by atoms with Crippen molar-refractivity contribution in [3.05, 3.63) is 29.8 Å². The summed E-state index contributed by atoms with van der Waals surface area (Å²) in [5, 5.41) is 11.4. The van der Waals surface area contributed by atoms with Gasteiger partial charge in [-0.3, -0.25) is 4.79 Å². The third-order valence-electron chi connectivity index (χ3n) is 2.32. The van der Waals surface area contributed by atoms with E-state index in [1.807, 2.05) is 0 Å². The number of carbonyl (C=O) groups excluding carboxylic acids is 1. The largest absolute Gasteiger partial charge is 0.484 e. The summed E-state index contributed by atoms with van der Waals surface area (Å²) < 4.78 is 10.1. The Bertz CT molecular complexity index is 416. The monoisotopic (exact) mass is 267 g/mol. The van der Waals surface area contributed by atoms with Crippen molar-refractivity contribution in [1.29, 1.82) is 0 Å². The molecule has 6 heteroatoms. The fourth-order valence-electron chi connectivity index (χ4n) is 1.34. The van der Waals surface area contributed by atoms with Crippen LogP contribution in [0.2, 0.25) is 0 Å². The average molecular weight is 267 g/mol. The molecule has 0 fully saturated rings. The lowest BCUT2D eigenvalue weighted by Crippen LogP contribution is -2.30. The zero-order valence-corrected chi connectivity index (χ0v) is 10.7. The molecular weight excluding hydrogens is 250 g/mol. The van der Waals surface area contributed by atoms with E-state index in [2.05, 4.69) is 5.32 Å². The maximum atomic E-state index is 11.4. The van der Waals surface area contributed by atoms with Crippen LogP contribution in [0.15, 0.2) is 24.3 Å². The van der Waals surface area contributed by atoms with E-state index in [0.29, 0.717) is 18.9 Å². The molecule has 0 radical (unpaired) electrons. The van der Waals surface area contributed by atoms with Gasteiger partial charge in [-0.25, -0.2) is 4.79 Å². The Balaban J connectivity index is 2.28. The minimum absolute atomic E-state index is 0.0978. The van der Waals surface area contributed by atoms with Gasteiger partial charge in [-0.2, -0.15) is 0 Å². The molecule has 6 nitrogen and oxygen atoms in total. The summed E-state index contributed by atoms with van der Waals surface area (Å²) in [4.78, 5) is 22.0. The number of carboxylic acid groups (broad SMARTS) is 1. The molecule has 0 spiro atoms. The van der Waals surface area contributed by atoms with Crippen molar-refractivity contribution in [3.8, 4) is 5.75 Å². The van der Waals surface area contributed by atoms with Gasteiger partial charge < -0.3 is 19.9 Å². The van der Waals surface area contributed by atoms with Crippen molar-refractivity contribution < 1.29 is 24.2 Å².